The molecule has 1 N–H and O–H groups in total. The smallest absolute Gasteiger partial charge is 0.228 e. The molecule has 0 spiro atoms. The van der Waals surface area contributed by atoms with E-state index in [4.69, 9.17) is 4.98 Å². The number of nitrogens with zero attached hydrogens (tertiary/aromatic N) is 5. The number of carbonyl (C=O) groups excluding carboxylic acids is 1. The number of aromatic nitrogens is 5. The maximum absolute atomic E-state index is 12.8. The van der Waals surface area contributed by atoms with Crippen molar-refractivity contribution in [1.82, 2.24) is 29.6 Å². The molecule has 0 radical (unpaired) electrons. The molecule has 1 aliphatic heterocycles. The number of likely N-dealkylation sites (tertiary alicyclic amines) is 1. The quantitative estimate of drug-likeness (QED) is 0.899. The number of nitrogens with one attached hydrogen (secondary N) is 1. The summed E-state index contributed by atoms with van der Waals surface area (Å²) < 4.78 is 1.91. The van der Waals surface area contributed by atoms with Gasteiger partial charge >= 0.3 is 0 Å². The molecule has 0 aromatic carbocycles. The average molecular weight is 342 g/mol. The standard InChI is InChI=1S/C18H26N6O/c1-11(2)17-20-18(22-21-17)15-9-24(8-14(15)12-4-5-12)16(25)6-13-7-19-10-23(13)3/h7,10-12,14-15H,4-6,8-9H2,1-3H3,(H,20,21,22)/t14-,15+/m1/s1. The van der Waals surface area contributed by atoms with Crippen molar-refractivity contribution in [1.29, 1.82) is 0 Å². The van der Waals surface area contributed by atoms with Gasteiger partial charge in [-0.25, -0.2) is 9.97 Å². The molecular formula is C18H26N6O. The van der Waals surface area contributed by atoms with Crippen LogP contribution in [0, 0.1) is 11.8 Å². The van der Waals surface area contributed by atoms with E-state index in [1.165, 1.54) is 12.8 Å². The van der Waals surface area contributed by atoms with Crippen LogP contribution in [0.15, 0.2) is 12.5 Å². The lowest BCUT2D eigenvalue weighted by molar-refractivity contribution is -0.129. The Kier molecular flexibility index (Phi) is 4.09. The molecule has 1 saturated heterocycles. The molecule has 4 rings (SSSR count). The first-order valence-electron chi connectivity index (χ1n) is 9.18. The van der Waals surface area contributed by atoms with Gasteiger partial charge < -0.3 is 9.47 Å². The Labute approximate surface area is 147 Å². The van der Waals surface area contributed by atoms with Gasteiger partial charge in [-0.1, -0.05) is 13.8 Å². The van der Waals surface area contributed by atoms with E-state index in [1.807, 2.05) is 16.5 Å². The molecule has 2 fully saturated rings. The molecule has 7 nitrogen and oxygen atoms in total. The van der Waals surface area contributed by atoms with Crippen LogP contribution in [0.3, 0.4) is 0 Å². The number of aromatic amines is 1. The van der Waals surface area contributed by atoms with Crippen LogP contribution < -0.4 is 0 Å². The minimum atomic E-state index is 0.181. The van der Waals surface area contributed by atoms with Crippen molar-refractivity contribution in [2.24, 2.45) is 18.9 Å². The van der Waals surface area contributed by atoms with Gasteiger partial charge in [0.05, 0.1) is 12.7 Å². The number of imidazole rings is 1. The molecule has 1 saturated carbocycles. The lowest BCUT2D eigenvalue weighted by Crippen LogP contribution is -2.31. The van der Waals surface area contributed by atoms with Crippen molar-refractivity contribution in [3.8, 4) is 0 Å². The largest absolute Gasteiger partial charge is 0.341 e. The maximum Gasteiger partial charge on any atom is 0.228 e. The van der Waals surface area contributed by atoms with Crippen LogP contribution in [0.1, 0.15) is 55.9 Å². The van der Waals surface area contributed by atoms with E-state index in [0.29, 0.717) is 18.3 Å². The first-order chi connectivity index (χ1) is 12.0. The zero-order chi connectivity index (χ0) is 17.6. The second-order valence-corrected chi connectivity index (χ2v) is 7.81. The lowest BCUT2D eigenvalue weighted by Gasteiger charge is -2.16. The third-order valence-electron chi connectivity index (χ3n) is 5.58. The monoisotopic (exact) mass is 342 g/mol. The highest BCUT2D eigenvalue weighted by molar-refractivity contribution is 5.78. The minimum absolute atomic E-state index is 0.181. The first-order valence-corrected chi connectivity index (χ1v) is 9.18. The van der Waals surface area contributed by atoms with Gasteiger partial charge in [0.25, 0.3) is 0 Å². The Morgan fingerprint density at radius 3 is 2.76 bits per heavy atom. The summed E-state index contributed by atoms with van der Waals surface area (Å²) in [5, 5.41) is 7.51. The maximum atomic E-state index is 12.8. The van der Waals surface area contributed by atoms with E-state index in [9.17, 15) is 4.79 Å². The van der Waals surface area contributed by atoms with Gasteiger partial charge in [-0.3, -0.25) is 9.89 Å². The highest BCUT2D eigenvalue weighted by atomic mass is 16.2. The normalized spacial score (nSPS) is 23.6. The Bertz CT molecular complexity index is 759. The Morgan fingerprint density at radius 1 is 1.36 bits per heavy atom. The molecule has 7 heteroatoms. The summed E-state index contributed by atoms with van der Waals surface area (Å²) >= 11 is 0. The van der Waals surface area contributed by atoms with Gasteiger partial charge in [0.1, 0.15) is 5.82 Å². The van der Waals surface area contributed by atoms with Crippen molar-refractivity contribution in [2.75, 3.05) is 13.1 Å². The van der Waals surface area contributed by atoms with Crippen LogP contribution in [-0.4, -0.2) is 48.6 Å². The van der Waals surface area contributed by atoms with Crippen LogP contribution in [0.2, 0.25) is 0 Å². The second-order valence-electron chi connectivity index (χ2n) is 7.81. The number of rotatable bonds is 5. The molecule has 1 amide bonds. The van der Waals surface area contributed by atoms with Crippen molar-refractivity contribution < 1.29 is 4.79 Å². The summed E-state index contributed by atoms with van der Waals surface area (Å²) in [7, 11) is 1.93. The lowest BCUT2D eigenvalue weighted by atomic mass is 9.91. The summed E-state index contributed by atoms with van der Waals surface area (Å²) in [5.41, 5.74) is 0.957. The number of hydrogen-bond acceptors (Lipinski definition) is 4. The molecule has 0 bridgehead atoms. The highest BCUT2D eigenvalue weighted by Crippen LogP contribution is 2.47. The van der Waals surface area contributed by atoms with Gasteiger partial charge in [-0.15, -0.1) is 0 Å². The summed E-state index contributed by atoms with van der Waals surface area (Å²) in [5.74, 6) is 3.83. The van der Waals surface area contributed by atoms with Crippen molar-refractivity contribution in [3.63, 3.8) is 0 Å². The van der Waals surface area contributed by atoms with Gasteiger partial charge in [-0.05, 0) is 24.7 Å². The van der Waals surface area contributed by atoms with E-state index < -0.39 is 0 Å². The minimum Gasteiger partial charge on any atom is -0.341 e. The average Bonchev–Trinajstić information content (AvgIpc) is 3.00. The molecule has 0 unspecified atom stereocenters. The van der Waals surface area contributed by atoms with E-state index in [-0.39, 0.29) is 11.8 Å². The van der Waals surface area contributed by atoms with Crippen LogP contribution in [0.25, 0.3) is 0 Å². The van der Waals surface area contributed by atoms with E-state index in [0.717, 1.165) is 36.4 Å². The molecule has 134 valence electrons. The molecular weight excluding hydrogens is 316 g/mol. The molecule has 2 aromatic rings. The van der Waals surface area contributed by atoms with Gasteiger partial charge in [-0.2, -0.15) is 5.10 Å². The topological polar surface area (TPSA) is 79.7 Å². The van der Waals surface area contributed by atoms with Crippen molar-refractivity contribution in [3.05, 3.63) is 29.9 Å². The first kappa shape index (κ1) is 16.3. The van der Waals surface area contributed by atoms with E-state index >= 15 is 0 Å². The fourth-order valence-corrected chi connectivity index (χ4v) is 3.86. The molecule has 25 heavy (non-hydrogen) atoms. The predicted molar refractivity (Wildman–Crippen MR) is 92.9 cm³/mol. The van der Waals surface area contributed by atoms with Gasteiger partial charge in [0, 0.05) is 43.9 Å². The third kappa shape index (κ3) is 3.19. The third-order valence-corrected chi connectivity index (χ3v) is 5.58. The van der Waals surface area contributed by atoms with Gasteiger partial charge in [0.2, 0.25) is 5.91 Å². The summed E-state index contributed by atoms with van der Waals surface area (Å²) in [6.07, 6.45) is 6.47. The molecule has 1 aliphatic carbocycles. The summed E-state index contributed by atoms with van der Waals surface area (Å²) in [4.78, 5) is 23.6. The molecule has 2 aliphatic rings. The SMILES string of the molecule is CC(C)c1n[nH]c([C@H]2CN(C(=O)Cc3cncn3C)C[C@@H]2C2CC2)n1. The van der Waals surface area contributed by atoms with E-state index in [2.05, 4.69) is 29.0 Å². The Hall–Kier alpha value is -2.18. The number of hydrogen-bond donors (Lipinski definition) is 1. The Balaban J connectivity index is 1.50. The van der Waals surface area contributed by atoms with Crippen LogP contribution in [0.4, 0.5) is 0 Å². The predicted octanol–water partition coefficient (Wildman–Crippen LogP) is 1.86. The van der Waals surface area contributed by atoms with Crippen LogP contribution in [0.5, 0.6) is 0 Å². The fourth-order valence-electron chi connectivity index (χ4n) is 3.86. The number of carbonyl (C=O) groups is 1. The molecule has 3 heterocycles. The number of aryl methyl sites for hydroxylation is 1. The molecule has 2 atom stereocenters. The fraction of sp³-hybridized carbons (Fsp3) is 0.667. The number of amides is 1. The summed E-state index contributed by atoms with van der Waals surface area (Å²) in [6, 6.07) is 0. The zero-order valence-electron chi connectivity index (χ0n) is 15.1. The van der Waals surface area contributed by atoms with Gasteiger partial charge in [0.15, 0.2) is 5.82 Å². The van der Waals surface area contributed by atoms with Crippen molar-refractivity contribution in [2.45, 2.75) is 44.9 Å². The Morgan fingerprint density at radius 2 is 2.16 bits per heavy atom. The van der Waals surface area contributed by atoms with E-state index in [1.54, 1.807) is 12.5 Å². The van der Waals surface area contributed by atoms with Crippen LogP contribution >= 0.6 is 0 Å². The highest BCUT2D eigenvalue weighted by Gasteiger charge is 2.45. The molecule has 2 aromatic heterocycles. The summed E-state index contributed by atoms with van der Waals surface area (Å²) in [6.45, 7) is 5.78. The van der Waals surface area contributed by atoms with Crippen LogP contribution in [-0.2, 0) is 18.3 Å². The number of H-pyrrole nitrogens is 1. The van der Waals surface area contributed by atoms with Crippen molar-refractivity contribution >= 4 is 5.91 Å². The second kappa shape index (κ2) is 6.28. The zero-order valence-corrected chi connectivity index (χ0v) is 15.1.